The van der Waals surface area contributed by atoms with Gasteiger partial charge in [-0.15, -0.1) is 0 Å². The van der Waals surface area contributed by atoms with Crippen LogP contribution in [0.5, 0.6) is 0 Å². The highest BCUT2D eigenvalue weighted by atomic mass is 79.9. The van der Waals surface area contributed by atoms with E-state index in [9.17, 15) is 0 Å². The Morgan fingerprint density at radius 3 is 3.15 bits per heavy atom. The minimum Gasteiger partial charge on any atom is -0.383 e. The molecule has 0 aromatic heterocycles. The number of rotatable bonds is 7. The Morgan fingerprint density at radius 1 is 1.45 bits per heavy atom. The molecule has 1 aromatic rings. The predicted octanol–water partition coefficient (Wildman–Crippen LogP) is 2.90. The molecule has 0 aliphatic carbocycles. The van der Waals surface area contributed by atoms with Gasteiger partial charge in [-0.3, -0.25) is 4.90 Å². The number of nitrogens with zero attached hydrogens (tertiary/aromatic N) is 1. The molecule has 1 aromatic carbocycles. The van der Waals surface area contributed by atoms with Gasteiger partial charge in [0.1, 0.15) is 0 Å². The van der Waals surface area contributed by atoms with E-state index in [4.69, 9.17) is 4.74 Å². The molecule has 0 saturated carbocycles. The number of likely N-dealkylation sites (tertiary alicyclic amines) is 1. The Labute approximate surface area is 130 Å². The average Bonchev–Trinajstić information content (AvgIpc) is 2.44. The van der Waals surface area contributed by atoms with Crippen LogP contribution < -0.4 is 5.32 Å². The summed E-state index contributed by atoms with van der Waals surface area (Å²) in [5, 5.41) is 3.49. The maximum absolute atomic E-state index is 5.07. The molecule has 2 rings (SSSR count). The second-order valence-electron chi connectivity index (χ2n) is 5.57. The van der Waals surface area contributed by atoms with Gasteiger partial charge in [-0.25, -0.2) is 0 Å². The summed E-state index contributed by atoms with van der Waals surface area (Å²) >= 11 is 3.55. The minimum atomic E-state index is 0.771. The predicted molar refractivity (Wildman–Crippen MR) is 86.9 cm³/mol. The molecule has 1 N–H and O–H groups in total. The van der Waals surface area contributed by atoms with Crippen LogP contribution in [0.4, 0.5) is 0 Å². The lowest BCUT2D eigenvalue weighted by Gasteiger charge is -2.33. The fraction of sp³-hybridized carbons (Fsp3) is 0.625. The first kappa shape index (κ1) is 16.0. The average molecular weight is 341 g/mol. The molecule has 0 spiro atoms. The standard InChI is InChI=1S/C16H25BrN2O/c1-20-9-7-18-11-15-5-3-8-19(13-15)12-14-4-2-6-16(17)10-14/h2,4,6,10,15,18H,3,5,7-9,11-13H2,1H3. The van der Waals surface area contributed by atoms with Crippen molar-refractivity contribution in [2.45, 2.75) is 19.4 Å². The van der Waals surface area contributed by atoms with Gasteiger partial charge >= 0.3 is 0 Å². The van der Waals surface area contributed by atoms with Gasteiger partial charge in [-0.2, -0.15) is 0 Å². The van der Waals surface area contributed by atoms with Crippen LogP contribution in [0, 0.1) is 5.92 Å². The summed E-state index contributed by atoms with van der Waals surface area (Å²) in [5.74, 6) is 0.771. The van der Waals surface area contributed by atoms with Crippen molar-refractivity contribution < 1.29 is 4.74 Å². The van der Waals surface area contributed by atoms with Gasteiger partial charge in [0.05, 0.1) is 6.61 Å². The number of hydrogen-bond donors (Lipinski definition) is 1. The number of piperidine rings is 1. The molecule has 0 bridgehead atoms. The quantitative estimate of drug-likeness (QED) is 0.772. The molecule has 1 unspecified atom stereocenters. The normalized spacial score (nSPS) is 20.2. The van der Waals surface area contributed by atoms with Crippen molar-refractivity contribution in [1.29, 1.82) is 0 Å². The molecule has 1 aliphatic heterocycles. The number of benzene rings is 1. The molecule has 20 heavy (non-hydrogen) atoms. The van der Waals surface area contributed by atoms with E-state index < -0.39 is 0 Å². The van der Waals surface area contributed by atoms with Crippen LogP contribution in [0.15, 0.2) is 28.7 Å². The number of methoxy groups -OCH3 is 1. The Hall–Kier alpha value is -0.420. The van der Waals surface area contributed by atoms with E-state index in [-0.39, 0.29) is 0 Å². The van der Waals surface area contributed by atoms with E-state index in [1.165, 1.54) is 36.0 Å². The fourth-order valence-corrected chi connectivity index (χ4v) is 3.28. The van der Waals surface area contributed by atoms with Gasteiger partial charge < -0.3 is 10.1 Å². The third-order valence-corrected chi connectivity index (χ3v) is 4.31. The number of hydrogen-bond acceptors (Lipinski definition) is 3. The van der Waals surface area contributed by atoms with E-state index >= 15 is 0 Å². The van der Waals surface area contributed by atoms with Gasteiger partial charge in [-0.1, -0.05) is 28.1 Å². The molecule has 1 fully saturated rings. The highest BCUT2D eigenvalue weighted by Crippen LogP contribution is 2.19. The van der Waals surface area contributed by atoms with Crippen molar-refractivity contribution in [3.05, 3.63) is 34.3 Å². The lowest BCUT2D eigenvalue weighted by Crippen LogP contribution is -2.39. The molecular weight excluding hydrogens is 316 g/mol. The highest BCUT2D eigenvalue weighted by molar-refractivity contribution is 9.10. The Kier molecular flexibility index (Phi) is 7.00. The van der Waals surface area contributed by atoms with Crippen LogP contribution in [0.1, 0.15) is 18.4 Å². The van der Waals surface area contributed by atoms with Crippen molar-refractivity contribution in [2.75, 3.05) is 39.9 Å². The summed E-state index contributed by atoms with van der Waals surface area (Å²) in [6.45, 7) is 6.35. The molecule has 4 heteroatoms. The van der Waals surface area contributed by atoms with Crippen LogP contribution >= 0.6 is 15.9 Å². The number of halogens is 1. The van der Waals surface area contributed by atoms with Gasteiger partial charge in [0.25, 0.3) is 0 Å². The van der Waals surface area contributed by atoms with Crippen LogP contribution in [-0.4, -0.2) is 44.8 Å². The summed E-state index contributed by atoms with van der Waals surface area (Å²) in [7, 11) is 1.75. The Bertz CT molecular complexity index is 400. The summed E-state index contributed by atoms with van der Waals surface area (Å²) in [4.78, 5) is 2.58. The van der Waals surface area contributed by atoms with Crippen molar-refractivity contribution in [3.8, 4) is 0 Å². The third kappa shape index (κ3) is 5.52. The maximum atomic E-state index is 5.07. The highest BCUT2D eigenvalue weighted by Gasteiger charge is 2.19. The van der Waals surface area contributed by atoms with Crippen molar-refractivity contribution in [2.24, 2.45) is 5.92 Å². The SMILES string of the molecule is COCCNCC1CCCN(Cc2cccc(Br)c2)C1. The van der Waals surface area contributed by atoms with E-state index in [1.54, 1.807) is 7.11 Å². The van der Waals surface area contributed by atoms with E-state index in [1.807, 2.05) is 0 Å². The molecule has 3 nitrogen and oxygen atoms in total. The zero-order chi connectivity index (χ0) is 14.2. The molecular formula is C16H25BrN2O. The van der Waals surface area contributed by atoms with E-state index in [2.05, 4.69) is 50.4 Å². The smallest absolute Gasteiger partial charge is 0.0587 e. The monoisotopic (exact) mass is 340 g/mol. The molecule has 1 heterocycles. The van der Waals surface area contributed by atoms with Crippen LogP contribution in [0.3, 0.4) is 0 Å². The second-order valence-corrected chi connectivity index (χ2v) is 6.49. The van der Waals surface area contributed by atoms with Crippen LogP contribution in [-0.2, 0) is 11.3 Å². The number of ether oxygens (including phenoxy) is 1. The Balaban J connectivity index is 1.75. The summed E-state index contributed by atoms with van der Waals surface area (Å²) in [5.41, 5.74) is 1.40. The molecule has 112 valence electrons. The van der Waals surface area contributed by atoms with Crippen LogP contribution in [0.2, 0.25) is 0 Å². The van der Waals surface area contributed by atoms with Gasteiger partial charge in [-0.05, 0) is 49.5 Å². The lowest BCUT2D eigenvalue weighted by atomic mass is 9.97. The van der Waals surface area contributed by atoms with Gasteiger partial charge in [0.15, 0.2) is 0 Å². The zero-order valence-electron chi connectivity index (χ0n) is 12.3. The number of nitrogens with one attached hydrogen (secondary N) is 1. The Morgan fingerprint density at radius 2 is 2.35 bits per heavy atom. The molecule has 1 atom stereocenters. The molecule has 0 amide bonds. The van der Waals surface area contributed by atoms with E-state index in [0.29, 0.717) is 0 Å². The molecule has 1 aliphatic rings. The first-order chi connectivity index (χ1) is 9.78. The van der Waals surface area contributed by atoms with Crippen molar-refractivity contribution in [1.82, 2.24) is 10.2 Å². The summed E-state index contributed by atoms with van der Waals surface area (Å²) < 4.78 is 6.24. The van der Waals surface area contributed by atoms with Gasteiger partial charge in [0, 0.05) is 31.2 Å². The topological polar surface area (TPSA) is 24.5 Å². The summed E-state index contributed by atoms with van der Waals surface area (Å²) in [6, 6.07) is 8.64. The lowest BCUT2D eigenvalue weighted by molar-refractivity contribution is 0.159. The molecule has 0 radical (unpaired) electrons. The molecule has 1 saturated heterocycles. The van der Waals surface area contributed by atoms with Crippen molar-refractivity contribution >= 4 is 15.9 Å². The van der Waals surface area contributed by atoms with E-state index in [0.717, 1.165) is 32.2 Å². The summed E-state index contributed by atoms with van der Waals surface area (Å²) in [6.07, 6.45) is 2.65. The first-order valence-corrected chi connectivity index (χ1v) is 8.23. The minimum absolute atomic E-state index is 0.771. The fourth-order valence-electron chi connectivity index (χ4n) is 2.84. The maximum Gasteiger partial charge on any atom is 0.0587 e. The van der Waals surface area contributed by atoms with Gasteiger partial charge in [0.2, 0.25) is 0 Å². The van der Waals surface area contributed by atoms with Crippen molar-refractivity contribution in [3.63, 3.8) is 0 Å². The third-order valence-electron chi connectivity index (χ3n) is 3.81. The van der Waals surface area contributed by atoms with Crippen LogP contribution in [0.25, 0.3) is 0 Å². The largest absolute Gasteiger partial charge is 0.383 e. The second kappa shape index (κ2) is 8.78. The first-order valence-electron chi connectivity index (χ1n) is 7.44. The zero-order valence-corrected chi connectivity index (χ0v) is 13.9.